The number of Topliss-reactive ketones (excluding diaryl/α,β-unsaturated/α-hetero) is 1. The van der Waals surface area contributed by atoms with Gasteiger partial charge in [0.1, 0.15) is 6.17 Å². The number of anilines is 1. The van der Waals surface area contributed by atoms with E-state index in [1.165, 1.54) is 17.3 Å². The summed E-state index contributed by atoms with van der Waals surface area (Å²) in [7, 11) is 0. The lowest BCUT2D eigenvalue weighted by Crippen LogP contribution is -2.49. The first-order valence-electron chi connectivity index (χ1n) is 9.47. The summed E-state index contributed by atoms with van der Waals surface area (Å²) < 4.78 is 0.927. The summed E-state index contributed by atoms with van der Waals surface area (Å²) >= 11 is 4.68. The van der Waals surface area contributed by atoms with Gasteiger partial charge in [-0.25, -0.2) is 10.4 Å². The monoisotopic (exact) mass is 472 g/mol. The van der Waals surface area contributed by atoms with Crippen molar-refractivity contribution in [3.8, 4) is 0 Å². The number of nitrogens with one attached hydrogen (secondary N) is 2. The molecule has 8 heteroatoms. The number of aryl methyl sites for hydroxylation is 1. The largest absolute Gasteiger partial charge is 0.293 e. The average Bonchev–Trinajstić information content (AvgIpc) is 3.22. The number of nitrogens with zero attached hydrogens (tertiary/aromatic N) is 2. The van der Waals surface area contributed by atoms with Crippen LogP contribution in [0.1, 0.15) is 22.8 Å². The molecule has 2 atom stereocenters. The topological polar surface area (TPSA) is 73.8 Å². The Morgan fingerprint density at radius 2 is 1.93 bits per heavy atom. The molecule has 0 aliphatic carbocycles. The number of amides is 1. The molecule has 2 aliphatic heterocycles. The molecule has 1 fully saturated rings. The van der Waals surface area contributed by atoms with Crippen molar-refractivity contribution in [3.05, 3.63) is 64.1 Å². The Morgan fingerprint density at radius 3 is 2.62 bits per heavy atom. The molecule has 4 rings (SSSR count). The van der Waals surface area contributed by atoms with E-state index in [0.717, 1.165) is 16.6 Å². The number of thioether (sulfide) groups is 1. The standard InChI is InChI=1S/C21H21BrN4O2S/c1-2-13-3-9-16(10-4-13)26-20(28)17-11-23-25-19(17)24-21(26)29-12-18(27)14-5-7-15(22)8-6-14/h3-10,17,19,23,25H,2,11-12H2,1H3. The van der Waals surface area contributed by atoms with Crippen molar-refractivity contribution in [2.24, 2.45) is 10.9 Å². The number of hydrogen-bond acceptors (Lipinski definition) is 6. The molecule has 2 N–H and O–H groups in total. The number of carbonyl (C=O) groups excluding carboxylic acids is 2. The summed E-state index contributed by atoms with van der Waals surface area (Å²) in [6, 6.07) is 15.2. The van der Waals surface area contributed by atoms with E-state index < -0.39 is 0 Å². The van der Waals surface area contributed by atoms with Gasteiger partial charge in [0.15, 0.2) is 11.0 Å². The normalized spacial score (nSPS) is 21.1. The van der Waals surface area contributed by atoms with Crippen molar-refractivity contribution in [2.75, 3.05) is 17.2 Å². The van der Waals surface area contributed by atoms with Gasteiger partial charge in [0.2, 0.25) is 5.91 Å². The van der Waals surface area contributed by atoms with Gasteiger partial charge in [-0.3, -0.25) is 19.9 Å². The number of ketones is 1. The highest BCUT2D eigenvalue weighted by Crippen LogP contribution is 2.30. The summed E-state index contributed by atoms with van der Waals surface area (Å²) in [6.07, 6.45) is 0.628. The van der Waals surface area contributed by atoms with Gasteiger partial charge in [-0.1, -0.05) is 58.9 Å². The first-order valence-corrected chi connectivity index (χ1v) is 11.3. The average molecular weight is 473 g/mol. The number of halogens is 1. The zero-order chi connectivity index (χ0) is 20.4. The van der Waals surface area contributed by atoms with Crippen LogP contribution in [-0.2, 0) is 11.2 Å². The van der Waals surface area contributed by atoms with Crippen molar-refractivity contribution in [1.29, 1.82) is 0 Å². The molecule has 1 amide bonds. The van der Waals surface area contributed by atoms with Gasteiger partial charge in [0, 0.05) is 16.6 Å². The molecule has 2 unspecified atom stereocenters. The molecule has 29 heavy (non-hydrogen) atoms. The third-order valence-electron chi connectivity index (χ3n) is 5.03. The van der Waals surface area contributed by atoms with Crippen LogP contribution in [-0.4, -0.2) is 35.3 Å². The van der Waals surface area contributed by atoms with E-state index in [4.69, 9.17) is 4.99 Å². The number of amidine groups is 1. The van der Waals surface area contributed by atoms with Gasteiger partial charge in [0.25, 0.3) is 0 Å². The Balaban J connectivity index is 1.57. The molecule has 0 bridgehead atoms. The van der Waals surface area contributed by atoms with Crippen molar-refractivity contribution in [3.63, 3.8) is 0 Å². The minimum absolute atomic E-state index is 0.00133. The van der Waals surface area contributed by atoms with Crippen LogP contribution in [0, 0.1) is 5.92 Å². The van der Waals surface area contributed by atoms with Crippen LogP contribution in [0.4, 0.5) is 5.69 Å². The lowest BCUT2D eigenvalue weighted by atomic mass is 10.0. The number of rotatable bonds is 5. The maximum Gasteiger partial charge on any atom is 0.241 e. The third kappa shape index (κ3) is 4.30. The van der Waals surface area contributed by atoms with E-state index in [2.05, 4.69) is 33.7 Å². The zero-order valence-electron chi connectivity index (χ0n) is 15.9. The Labute approximate surface area is 182 Å². The molecule has 1 saturated heterocycles. The minimum atomic E-state index is -0.307. The Kier molecular flexibility index (Phi) is 6.15. The van der Waals surface area contributed by atoms with E-state index in [-0.39, 0.29) is 29.5 Å². The quantitative estimate of drug-likeness (QED) is 0.652. The molecule has 6 nitrogen and oxygen atoms in total. The second-order valence-corrected chi connectivity index (χ2v) is 8.76. The molecule has 0 aromatic heterocycles. The van der Waals surface area contributed by atoms with Crippen LogP contribution in [0.15, 0.2) is 58.0 Å². The fourth-order valence-electron chi connectivity index (χ4n) is 3.34. The Hall–Kier alpha value is -2.00. The third-order valence-corrected chi connectivity index (χ3v) is 6.51. The highest BCUT2D eigenvalue weighted by molar-refractivity contribution is 9.10. The van der Waals surface area contributed by atoms with Crippen LogP contribution >= 0.6 is 27.7 Å². The molecule has 0 radical (unpaired) electrons. The van der Waals surface area contributed by atoms with Crippen LogP contribution in [0.3, 0.4) is 0 Å². The summed E-state index contributed by atoms with van der Waals surface area (Å²) in [5, 5.41) is 0.544. The van der Waals surface area contributed by atoms with Crippen LogP contribution in [0.2, 0.25) is 0 Å². The minimum Gasteiger partial charge on any atom is -0.293 e. The van der Waals surface area contributed by atoms with Gasteiger partial charge in [-0.15, -0.1) is 0 Å². The number of fused-ring (bicyclic) bond motifs is 1. The summed E-state index contributed by atoms with van der Waals surface area (Å²) in [4.78, 5) is 32.2. The number of carbonyl (C=O) groups is 2. The molecule has 2 aromatic carbocycles. The fraction of sp³-hybridized carbons (Fsp3) is 0.286. The molecular formula is C21H21BrN4O2S. The van der Waals surface area contributed by atoms with Crippen molar-refractivity contribution >= 4 is 50.2 Å². The lowest BCUT2D eigenvalue weighted by molar-refractivity contribution is -0.121. The number of hydrogen-bond donors (Lipinski definition) is 2. The lowest BCUT2D eigenvalue weighted by Gasteiger charge is -2.32. The number of aliphatic imine (C=N–C) groups is 1. The van der Waals surface area contributed by atoms with E-state index in [1.807, 2.05) is 36.4 Å². The van der Waals surface area contributed by atoms with Crippen LogP contribution < -0.4 is 15.8 Å². The molecular weight excluding hydrogens is 452 g/mol. The first kappa shape index (κ1) is 20.3. The summed E-state index contributed by atoms with van der Waals surface area (Å²) in [6.45, 7) is 2.63. The number of hydrazine groups is 1. The van der Waals surface area contributed by atoms with E-state index >= 15 is 0 Å². The molecule has 2 aromatic rings. The smallest absolute Gasteiger partial charge is 0.241 e. The van der Waals surface area contributed by atoms with E-state index in [9.17, 15) is 9.59 Å². The first-order chi connectivity index (χ1) is 14.1. The predicted molar refractivity (Wildman–Crippen MR) is 120 cm³/mol. The molecule has 150 valence electrons. The second-order valence-electron chi connectivity index (χ2n) is 6.90. The van der Waals surface area contributed by atoms with Crippen molar-refractivity contribution in [2.45, 2.75) is 19.5 Å². The summed E-state index contributed by atoms with van der Waals surface area (Å²) in [5.74, 6) is -0.0569. The zero-order valence-corrected chi connectivity index (χ0v) is 18.3. The highest BCUT2D eigenvalue weighted by Gasteiger charge is 2.42. The number of benzene rings is 2. The fourth-order valence-corrected chi connectivity index (χ4v) is 4.54. The summed E-state index contributed by atoms with van der Waals surface area (Å²) in [5.41, 5.74) is 8.69. The van der Waals surface area contributed by atoms with Crippen LogP contribution in [0.5, 0.6) is 0 Å². The molecule has 0 spiro atoms. The maximum absolute atomic E-state index is 13.2. The van der Waals surface area contributed by atoms with E-state index in [0.29, 0.717) is 17.3 Å². The van der Waals surface area contributed by atoms with Gasteiger partial charge in [0.05, 0.1) is 17.4 Å². The SMILES string of the molecule is CCc1ccc(N2C(=O)C3CNNC3N=C2SCC(=O)c2ccc(Br)cc2)cc1. The molecule has 0 saturated carbocycles. The van der Waals surface area contributed by atoms with Gasteiger partial charge in [-0.05, 0) is 36.2 Å². The van der Waals surface area contributed by atoms with Gasteiger partial charge >= 0.3 is 0 Å². The highest BCUT2D eigenvalue weighted by atomic mass is 79.9. The van der Waals surface area contributed by atoms with Crippen LogP contribution in [0.25, 0.3) is 0 Å². The van der Waals surface area contributed by atoms with Crippen molar-refractivity contribution < 1.29 is 9.59 Å². The Bertz CT molecular complexity index is 946. The van der Waals surface area contributed by atoms with Gasteiger partial charge < -0.3 is 0 Å². The maximum atomic E-state index is 13.2. The predicted octanol–water partition coefficient (Wildman–Crippen LogP) is 3.38. The van der Waals surface area contributed by atoms with E-state index in [1.54, 1.807) is 17.0 Å². The van der Waals surface area contributed by atoms with Gasteiger partial charge in [-0.2, -0.15) is 0 Å². The molecule has 2 aliphatic rings. The van der Waals surface area contributed by atoms with Crippen molar-refractivity contribution in [1.82, 2.24) is 10.9 Å². The molecule has 2 heterocycles. The Morgan fingerprint density at radius 1 is 1.21 bits per heavy atom. The second kappa shape index (κ2) is 8.79.